The summed E-state index contributed by atoms with van der Waals surface area (Å²) in [7, 11) is -2.80. The molecule has 3 rings (SSSR count). The maximum absolute atomic E-state index is 14.9. The average Bonchev–Trinajstić information content (AvgIpc) is 2.84. The number of aromatic nitrogens is 1. The molecular formula is C17H18Cl2F5NOSi. The quantitative estimate of drug-likeness (QED) is 0.397. The third-order valence-electron chi connectivity index (χ3n) is 4.65. The van der Waals surface area contributed by atoms with Crippen LogP contribution in [0.15, 0.2) is 12.1 Å². The summed E-state index contributed by atoms with van der Waals surface area (Å²) in [5.74, 6) is -5.07. The molecule has 0 saturated carbocycles. The summed E-state index contributed by atoms with van der Waals surface area (Å²) in [4.78, 5) is 2.75. The lowest BCUT2D eigenvalue weighted by molar-refractivity contribution is -0.345. The van der Waals surface area contributed by atoms with E-state index in [-0.39, 0.29) is 22.2 Å². The summed E-state index contributed by atoms with van der Waals surface area (Å²) in [6, 6.07) is 2.92. The minimum Gasteiger partial charge on any atom is -0.401 e. The average molecular weight is 446 g/mol. The molecule has 0 fully saturated rings. The molecule has 0 spiro atoms. The van der Waals surface area contributed by atoms with Gasteiger partial charge in [0.05, 0.1) is 15.7 Å². The Kier molecular flexibility index (Phi) is 4.90. The number of fused-ring (bicyclic) bond motifs is 3. The molecule has 0 amide bonds. The number of rotatable bonds is 3. The molecule has 1 aliphatic carbocycles. The summed E-state index contributed by atoms with van der Waals surface area (Å²) in [6.45, 7) is 4.77. The summed E-state index contributed by atoms with van der Waals surface area (Å²) in [6.07, 6.45) is -5.71. The molecule has 27 heavy (non-hydrogen) atoms. The largest absolute Gasteiger partial charge is 0.456 e. The Morgan fingerprint density at radius 1 is 1.07 bits per heavy atom. The van der Waals surface area contributed by atoms with E-state index in [4.69, 9.17) is 27.6 Å². The molecule has 1 aromatic carbocycles. The lowest BCUT2D eigenvalue weighted by Crippen LogP contribution is -2.60. The fourth-order valence-corrected chi connectivity index (χ4v) is 5.42. The second kappa shape index (κ2) is 6.34. The van der Waals surface area contributed by atoms with Gasteiger partial charge < -0.3 is 9.41 Å². The van der Waals surface area contributed by atoms with Crippen LogP contribution < -0.4 is 0 Å². The van der Waals surface area contributed by atoms with Gasteiger partial charge in [-0.3, -0.25) is 0 Å². The van der Waals surface area contributed by atoms with E-state index in [9.17, 15) is 22.0 Å². The van der Waals surface area contributed by atoms with Crippen molar-refractivity contribution in [1.29, 1.82) is 0 Å². The van der Waals surface area contributed by atoms with Gasteiger partial charge in [0.2, 0.25) is 0 Å². The van der Waals surface area contributed by atoms with Crippen LogP contribution >= 0.6 is 23.2 Å². The maximum atomic E-state index is 14.9. The highest BCUT2D eigenvalue weighted by atomic mass is 35.5. The first kappa shape index (κ1) is 20.9. The van der Waals surface area contributed by atoms with Crippen molar-refractivity contribution in [2.75, 3.05) is 0 Å². The van der Waals surface area contributed by atoms with Gasteiger partial charge in [0.25, 0.3) is 0 Å². The number of aromatic amines is 1. The van der Waals surface area contributed by atoms with Crippen LogP contribution in [0.5, 0.6) is 0 Å². The lowest BCUT2D eigenvalue weighted by atomic mass is 9.78. The molecule has 1 heterocycles. The molecule has 0 saturated heterocycles. The Bertz CT molecular complexity index is 890. The van der Waals surface area contributed by atoms with E-state index in [0.717, 1.165) is 0 Å². The molecule has 1 atom stereocenters. The monoisotopic (exact) mass is 445 g/mol. The minimum absolute atomic E-state index is 0.135. The third kappa shape index (κ3) is 3.28. The van der Waals surface area contributed by atoms with Crippen molar-refractivity contribution in [2.24, 2.45) is 0 Å². The molecule has 2 nitrogen and oxygen atoms in total. The lowest BCUT2D eigenvalue weighted by Gasteiger charge is -2.46. The Morgan fingerprint density at radius 3 is 2.22 bits per heavy atom. The number of halogens is 7. The predicted octanol–water partition coefficient (Wildman–Crippen LogP) is 7.06. The second-order valence-electron chi connectivity index (χ2n) is 7.76. The van der Waals surface area contributed by atoms with Crippen LogP contribution in [0.4, 0.5) is 22.0 Å². The molecule has 1 aromatic heterocycles. The van der Waals surface area contributed by atoms with Crippen LogP contribution in [-0.4, -0.2) is 25.4 Å². The van der Waals surface area contributed by atoms with Crippen LogP contribution in [0.1, 0.15) is 24.1 Å². The highest BCUT2D eigenvalue weighted by Crippen LogP contribution is 2.57. The van der Waals surface area contributed by atoms with Crippen LogP contribution in [0.25, 0.3) is 10.9 Å². The van der Waals surface area contributed by atoms with Gasteiger partial charge in [-0.25, -0.2) is 0 Å². The molecule has 0 radical (unpaired) electrons. The zero-order chi connectivity index (χ0) is 20.4. The fraction of sp³-hybridized carbons (Fsp3) is 0.529. The smallest absolute Gasteiger partial charge is 0.401 e. The Morgan fingerprint density at radius 2 is 1.67 bits per heavy atom. The number of aryl methyl sites for hydroxylation is 1. The molecule has 10 heteroatoms. The van der Waals surface area contributed by atoms with Gasteiger partial charge in [0.15, 0.2) is 13.9 Å². The van der Waals surface area contributed by atoms with Crippen molar-refractivity contribution < 1.29 is 26.4 Å². The fourth-order valence-electron chi connectivity index (χ4n) is 3.72. The number of nitrogens with one attached hydrogen (secondary N) is 1. The number of hydrogen-bond donors (Lipinski definition) is 1. The highest BCUT2D eigenvalue weighted by Gasteiger charge is 2.73. The van der Waals surface area contributed by atoms with Gasteiger partial charge in [-0.05, 0) is 56.6 Å². The zero-order valence-corrected chi connectivity index (χ0v) is 17.3. The molecular weight excluding hydrogens is 428 g/mol. The zero-order valence-electron chi connectivity index (χ0n) is 14.8. The SMILES string of the molecule is C[Si](C)(C)OC1(C(F)(F)C(F)(F)F)CCCc2c1[nH]c1cc(Cl)c(Cl)cc21. The van der Waals surface area contributed by atoms with Gasteiger partial charge in [0.1, 0.15) is 0 Å². The van der Waals surface area contributed by atoms with Crippen molar-refractivity contribution in [2.45, 2.75) is 56.6 Å². The van der Waals surface area contributed by atoms with Crippen molar-refractivity contribution in [3.63, 3.8) is 0 Å². The van der Waals surface area contributed by atoms with E-state index in [1.165, 1.54) is 12.1 Å². The molecule has 2 aromatic rings. The predicted molar refractivity (Wildman–Crippen MR) is 98.4 cm³/mol. The summed E-state index contributed by atoms with van der Waals surface area (Å²) in [5, 5.41) is 0.874. The van der Waals surface area contributed by atoms with Crippen LogP contribution in [0.3, 0.4) is 0 Å². The molecule has 0 bridgehead atoms. The van der Waals surface area contributed by atoms with Crippen LogP contribution in [0, 0.1) is 0 Å². The van der Waals surface area contributed by atoms with E-state index in [1.54, 1.807) is 19.6 Å². The third-order valence-corrected chi connectivity index (χ3v) is 6.33. The summed E-state index contributed by atoms with van der Waals surface area (Å²) in [5.41, 5.74) is -2.30. The molecule has 150 valence electrons. The topological polar surface area (TPSA) is 25.0 Å². The van der Waals surface area contributed by atoms with Crippen molar-refractivity contribution in [3.8, 4) is 0 Å². The van der Waals surface area contributed by atoms with Gasteiger partial charge in [-0.15, -0.1) is 0 Å². The summed E-state index contributed by atoms with van der Waals surface area (Å²) < 4.78 is 75.7. The first-order valence-electron chi connectivity index (χ1n) is 8.34. The Hall–Kier alpha value is -0.833. The van der Waals surface area contributed by atoms with E-state index in [2.05, 4.69) is 4.98 Å². The maximum Gasteiger partial charge on any atom is 0.456 e. The van der Waals surface area contributed by atoms with E-state index in [0.29, 0.717) is 22.9 Å². The standard InChI is InChI=1S/C17H18Cl2F5NOSi/c1-27(2,3)26-15(16(20,21)17(22,23)24)6-4-5-9-10-7-11(18)12(19)8-13(10)25-14(9)15/h7-8,25H,4-6H2,1-3H3. The van der Waals surface area contributed by atoms with Gasteiger partial charge in [-0.2, -0.15) is 22.0 Å². The van der Waals surface area contributed by atoms with Gasteiger partial charge >= 0.3 is 12.1 Å². The number of alkyl halides is 5. The van der Waals surface area contributed by atoms with Crippen LogP contribution in [-0.2, 0) is 16.4 Å². The van der Waals surface area contributed by atoms with Crippen molar-refractivity contribution >= 4 is 42.4 Å². The minimum atomic E-state index is -5.76. The summed E-state index contributed by atoms with van der Waals surface area (Å²) >= 11 is 12.0. The van der Waals surface area contributed by atoms with Crippen LogP contribution in [0.2, 0.25) is 29.7 Å². The first-order valence-corrected chi connectivity index (χ1v) is 12.5. The molecule has 1 aliphatic rings. The van der Waals surface area contributed by atoms with E-state index in [1.807, 2.05) is 0 Å². The molecule has 0 aliphatic heterocycles. The number of hydrogen-bond acceptors (Lipinski definition) is 1. The van der Waals surface area contributed by atoms with E-state index < -0.39 is 32.4 Å². The Balaban J connectivity index is 2.35. The normalized spacial score (nSPS) is 21.6. The highest BCUT2D eigenvalue weighted by molar-refractivity contribution is 6.69. The number of H-pyrrole nitrogens is 1. The van der Waals surface area contributed by atoms with Crippen molar-refractivity contribution in [3.05, 3.63) is 33.4 Å². The number of benzene rings is 1. The van der Waals surface area contributed by atoms with Gasteiger partial charge in [-0.1, -0.05) is 23.2 Å². The second-order valence-corrected chi connectivity index (χ2v) is 13.0. The van der Waals surface area contributed by atoms with Gasteiger partial charge in [0, 0.05) is 10.9 Å². The van der Waals surface area contributed by atoms with E-state index >= 15 is 0 Å². The first-order chi connectivity index (χ1) is 12.2. The molecule has 1 N–H and O–H groups in total. The molecule has 1 unspecified atom stereocenters. The Labute approximate surface area is 164 Å². The van der Waals surface area contributed by atoms with Crippen molar-refractivity contribution in [1.82, 2.24) is 4.98 Å².